The van der Waals surface area contributed by atoms with Crippen molar-refractivity contribution in [2.75, 3.05) is 25.4 Å². The molecule has 3 aromatic rings. The summed E-state index contributed by atoms with van der Waals surface area (Å²) in [6.07, 6.45) is 0.824. The van der Waals surface area contributed by atoms with Crippen LogP contribution in [0.15, 0.2) is 34.2 Å². The zero-order valence-corrected chi connectivity index (χ0v) is 18.5. The fourth-order valence-electron chi connectivity index (χ4n) is 3.66. The molecule has 2 aromatic heterocycles. The summed E-state index contributed by atoms with van der Waals surface area (Å²) in [5.41, 5.74) is 1.60. The molecule has 30 heavy (non-hydrogen) atoms. The minimum atomic E-state index is -0.948. The molecule has 0 unspecified atom stereocenters. The standard InChI is InChI=1S/C21H23N3O4S2/c1-3-23-10-9-15-16(11-23)30-19-18(15)20(27)24(21(22-19)29-12-17(25)26)13-5-7-14(8-6-13)28-4-2/h5-8H,3-4,9-12H2,1-2H3,(H,25,26). The van der Waals surface area contributed by atoms with E-state index in [9.17, 15) is 9.59 Å². The maximum atomic E-state index is 13.6. The molecule has 0 amide bonds. The quantitative estimate of drug-likeness (QED) is 0.441. The van der Waals surface area contributed by atoms with Crippen LogP contribution in [0.1, 0.15) is 24.3 Å². The third-order valence-corrected chi connectivity index (χ3v) is 7.13. The van der Waals surface area contributed by atoms with Gasteiger partial charge in [0.1, 0.15) is 10.6 Å². The van der Waals surface area contributed by atoms with Gasteiger partial charge in [0.2, 0.25) is 0 Å². The van der Waals surface area contributed by atoms with Crippen molar-refractivity contribution in [2.24, 2.45) is 0 Å². The van der Waals surface area contributed by atoms with Gasteiger partial charge in [0, 0.05) is 18.0 Å². The lowest BCUT2D eigenvalue weighted by Crippen LogP contribution is -2.30. The van der Waals surface area contributed by atoms with Crippen molar-refractivity contribution in [3.8, 4) is 11.4 Å². The zero-order chi connectivity index (χ0) is 21.3. The number of likely N-dealkylation sites (N-methyl/N-ethyl adjacent to an activating group) is 1. The maximum absolute atomic E-state index is 13.6. The third-order valence-electron chi connectivity index (χ3n) is 5.10. The highest BCUT2D eigenvalue weighted by atomic mass is 32.2. The number of carboxylic acids is 1. The van der Waals surface area contributed by atoms with E-state index in [0.717, 1.165) is 49.1 Å². The molecule has 0 aliphatic carbocycles. The van der Waals surface area contributed by atoms with Gasteiger partial charge in [-0.3, -0.25) is 19.1 Å². The number of rotatable bonds is 7. The summed E-state index contributed by atoms with van der Waals surface area (Å²) in [7, 11) is 0. The van der Waals surface area contributed by atoms with Gasteiger partial charge in [0.25, 0.3) is 5.56 Å². The average Bonchev–Trinajstić information content (AvgIpc) is 3.11. The van der Waals surface area contributed by atoms with E-state index in [0.29, 0.717) is 27.7 Å². The number of aromatic nitrogens is 2. The van der Waals surface area contributed by atoms with Gasteiger partial charge >= 0.3 is 5.97 Å². The number of nitrogens with zero attached hydrogens (tertiary/aromatic N) is 3. The van der Waals surface area contributed by atoms with Crippen molar-refractivity contribution < 1.29 is 14.6 Å². The van der Waals surface area contributed by atoms with Crippen LogP contribution < -0.4 is 10.3 Å². The summed E-state index contributed by atoms with van der Waals surface area (Å²) in [5, 5.41) is 10.2. The minimum Gasteiger partial charge on any atom is -0.494 e. The predicted octanol–water partition coefficient (Wildman–Crippen LogP) is 3.40. The molecule has 9 heteroatoms. The van der Waals surface area contributed by atoms with E-state index in [1.54, 1.807) is 11.3 Å². The van der Waals surface area contributed by atoms with Crippen LogP contribution in [0.2, 0.25) is 0 Å². The summed E-state index contributed by atoms with van der Waals surface area (Å²) in [6.45, 7) is 7.33. The van der Waals surface area contributed by atoms with E-state index < -0.39 is 5.97 Å². The number of hydrogen-bond donors (Lipinski definition) is 1. The molecule has 1 N–H and O–H groups in total. The van der Waals surface area contributed by atoms with E-state index in [1.807, 2.05) is 31.2 Å². The van der Waals surface area contributed by atoms with E-state index in [4.69, 9.17) is 14.8 Å². The lowest BCUT2D eigenvalue weighted by atomic mass is 10.1. The maximum Gasteiger partial charge on any atom is 0.313 e. The summed E-state index contributed by atoms with van der Waals surface area (Å²) >= 11 is 2.61. The van der Waals surface area contributed by atoms with Crippen molar-refractivity contribution in [3.05, 3.63) is 45.1 Å². The molecule has 1 aliphatic rings. The highest BCUT2D eigenvalue weighted by Gasteiger charge is 2.25. The predicted molar refractivity (Wildman–Crippen MR) is 119 cm³/mol. The Kier molecular flexibility index (Phi) is 6.12. The van der Waals surface area contributed by atoms with Crippen LogP contribution in [0.3, 0.4) is 0 Å². The van der Waals surface area contributed by atoms with Crippen LogP contribution in [-0.4, -0.2) is 51.0 Å². The summed E-state index contributed by atoms with van der Waals surface area (Å²) in [5.74, 6) is -0.392. The number of ether oxygens (including phenoxy) is 1. The number of fused-ring (bicyclic) bond motifs is 3. The highest BCUT2D eigenvalue weighted by molar-refractivity contribution is 7.99. The first-order valence-corrected chi connectivity index (χ1v) is 11.7. The van der Waals surface area contributed by atoms with Gasteiger partial charge in [-0.25, -0.2) is 4.98 Å². The third kappa shape index (κ3) is 3.97. The first-order chi connectivity index (χ1) is 14.5. The number of thioether (sulfide) groups is 1. The molecule has 0 radical (unpaired) electrons. The Labute approximate surface area is 182 Å². The van der Waals surface area contributed by atoms with Crippen LogP contribution >= 0.6 is 23.1 Å². The fourth-order valence-corrected chi connectivity index (χ4v) is 5.69. The molecule has 0 saturated carbocycles. The van der Waals surface area contributed by atoms with Gasteiger partial charge in [-0.1, -0.05) is 18.7 Å². The summed E-state index contributed by atoms with van der Waals surface area (Å²) in [4.78, 5) is 33.7. The molecule has 1 aromatic carbocycles. The Morgan fingerprint density at radius 2 is 2.07 bits per heavy atom. The first-order valence-electron chi connectivity index (χ1n) is 9.89. The first kappa shape index (κ1) is 20.9. The van der Waals surface area contributed by atoms with Crippen LogP contribution in [0, 0.1) is 0 Å². The molecule has 0 saturated heterocycles. The molecule has 0 spiro atoms. The average molecular weight is 446 g/mol. The second-order valence-corrected chi connectivity index (χ2v) is 8.97. The van der Waals surface area contributed by atoms with Gasteiger partial charge < -0.3 is 9.84 Å². The van der Waals surface area contributed by atoms with Gasteiger partial charge in [-0.15, -0.1) is 11.3 Å². The van der Waals surface area contributed by atoms with Crippen molar-refractivity contribution in [1.29, 1.82) is 0 Å². The highest BCUT2D eigenvalue weighted by Crippen LogP contribution is 2.34. The van der Waals surface area contributed by atoms with E-state index in [2.05, 4.69) is 11.8 Å². The van der Waals surface area contributed by atoms with Crippen LogP contribution in [0.5, 0.6) is 5.75 Å². The minimum absolute atomic E-state index is 0.139. The summed E-state index contributed by atoms with van der Waals surface area (Å²) < 4.78 is 7.03. The SMILES string of the molecule is CCOc1ccc(-n2c(SCC(=O)O)nc3sc4c(c3c2=O)CCN(CC)C4)cc1. The number of aliphatic carboxylic acids is 1. The van der Waals surface area contributed by atoms with Gasteiger partial charge in [-0.2, -0.15) is 0 Å². The number of carbonyl (C=O) groups is 1. The molecule has 0 atom stereocenters. The molecule has 4 rings (SSSR count). The van der Waals surface area contributed by atoms with E-state index >= 15 is 0 Å². The lowest BCUT2D eigenvalue weighted by molar-refractivity contribution is -0.133. The molecule has 1 aliphatic heterocycles. The molecule has 7 nitrogen and oxygen atoms in total. The Hall–Kier alpha value is -2.36. The van der Waals surface area contributed by atoms with Crippen molar-refractivity contribution in [3.63, 3.8) is 0 Å². The smallest absolute Gasteiger partial charge is 0.313 e. The van der Waals surface area contributed by atoms with Gasteiger partial charge in [0.15, 0.2) is 5.16 Å². The Morgan fingerprint density at radius 3 is 2.73 bits per heavy atom. The molecular formula is C21H23N3O4S2. The molecular weight excluding hydrogens is 422 g/mol. The van der Waals surface area contributed by atoms with Gasteiger partial charge in [0.05, 0.1) is 23.4 Å². The van der Waals surface area contributed by atoms with Crippen LogP contribution in [0.4, 0.5) is 0 Å². The van der Waals surface area contributed by atoms with Crippen LogP contribution in [0.25, 0.3) is 15.9 Å². The van der Waals surface area contributed by atoms with E-state index in [-0.39, 0.29) is 11.3 Å². The van der Waals surface area contributed by atoms with Crippen molar-refractivity contribution in [1.82, 2.24) is 14.5 Å². The second-order valence-electron chi connectivity index (χ2n) is 6.95. The molecule has 158 valence electrons. The fraction of sp³-hybridized carbons (Fsp3) is 0.381. The topological polar surface area (TPSA) is 84.7 Å². The van der Waals surface area contributed by atoms with Crippen molar-refractivity contribution >= 4 is 39.3 Å². The number of thiophene rings is 1. The zero-order valence-electron chi connectivity index (χ0n) is 16.9. The normalized spacial score (nSPS) is 14.1. The number of benzene rings is 1. The number of hydrogen-bond acceptors (Lipinski definition) is 7. The Morgan fingerprint density at radius 1 is 1.30 bits per heavy atom. The summed E-state index contributed by atoms with van der Waals surface area (Å²) in [6, 6.07) is 7.23. The Balaban J connectivity index is 1.87. The van der Waals surface area contributed by atoms with Gasteiger partial charge in [-0.05, 0) is 49.7 Å². The monoisotopic (exact) mass is 445 g/mol. The molecule has 0 fully saturated rings. The molecule has 0 bridgehead atoms. The lowest BCUT2D eigenvalue weighted by Gasteiger charge is -2.25. The number of carboxylic acid groups (broad SMARTS) is 1. The second kappa shape index (κ2) is 8.79. The van der Waals surface area contributed by atoms with Crippen molar-refractivity contribution in [2.45, 2.75) is 32.0 Å². The largest absolute Gasteiger partial charge is 0.494 e. The molecule has 3 heterocycles. The Bertz CT molecular complexity index is 1140. The van der Waals surface area contributed by atoms with E-state index in [1.165, 1.54) is 9.44 Å². The van der Waals surface area contributed by atoms with Crippen LogP contribution in [-0.2, 0) is 17.8 Å².